The number of rotatable bonds is 4. The number of carbonyl (C=O) groups is 1. The van der Waals surface area contributed by atoms with Crippen LogP contribution in [-0.2, 0) is 0 Å². The molecule has 0 aliphatic rings. The number of hydrogen-bond acceptors (Lipinski definition) is 8. The highest BCUT2D eigenvalue weighted by atomic mass is 32.2. The first-order valence-electron chi connectivity index (χ1n) is 6.61. The molecule has 0 radical (unpaired) electrons. The van der Waals surface area contributed by atoms with Crippen molar-refractivity contribution < 1.29 is 9.72 Å². The standard InChI is InChI=1S/C14H11N5O3S2/c1-23-14-17-10(6-3-2-4-7(5-6)19(21)22)8-9(15)11(12(16)20)24-13(8)18-14/h2-5H,15H2,1H3,(H2,16,20). The predicted molar refractivity (Wildman–Crippen MR) is 94.2 cm³/mol. The zero-order valence-corrected chi connectivity index (χ0v) is 14.0. The number of thioether (sulfide) groups is 1. The van der Waals surface area contributed by atoms with Crippen LogP contribution in [0.15, 0.2) is 29.4 Å². The molecule has 0 saturated carbocycles. The van der Waals surface area contributed by atoms with E-state index in [0.29, 0.717) is 26.6 Å². The average Bonchev–Trinajstić information content (AvgIpc) is 2.91. The number of nitrogens with two attached hydrogens (primary N) is 2. The summed E-state index contributed by atoms with van der Waals surface area (Å²) in [7, 11) is 0. The summed E-state index contributed by atoms with van der Waals surface area (Å²) < 4.78 is 0. The number of nitrogen functional groups attached to an aromatic ring is 1. The van der Waals surface area contributed by atoms with Crippen molar-refractivity contribution in [2.24, 2.45) is 5.73 Å². The molecule has 1 amide bonds. The molecule has 0 atom stereocenters. The van der Waals surface area contributed by atoms with Crippen LogP contribution in [-0.4, -0.2) is 27.1 Å². The molecule has 0 saturated heterocycles. The smallest absolute Gasteiger partial charge is 0.270 e. The first-order valence-corrected chi connectivity index (χ1v) is 8.65. The van der Waals surface area contributed by atoms with Gasteiger partial charge in [0.25, 0.3) is 11.6 Å². The number of amides is 1. The van der Waals surface area contributed by atoms with Crippen molar-refractivity contribution in [1.29, 1.82) is 0 Å². The third-order valence-electron chi connectivity index (χ3n) is 3.30. The molecule has 0 unspecified atom stereocenters. The molecule has 0 bridgehead atoms. The number of nitrogens with zero attached hydrogens (tertiary/aromatic N) is 3. The maximum atomic E-state index is 11.5. The van der Waals surface area contributed by atoms with E-state index in [1.54, 1.807) is 12.1 Å². The van der Waals surface area contributed by atoms with Gasteiger partial charge in [0.2, 0.25) is 0 Å². The molecule has 8 nitrogen and oxygen atoms in total. The minimum Gasteiger partial charge on any atom is -0.397 e. The van der Waals surface area contributed by atoms with Crippen LogP contribution < -0.4 is 11.5 Å². The van der Waals surface area contributed by atoms with E-state index >= 15 is 0 Å². The van der Waals surface area contributed by atoms with Crippen molar-refractivity contribution in [3.05, 3.63) is 39.3 Å². The van der Waals surface area contributed by atoms with Gasteiger partial charge < -0.3 is 11.5 Å². The molecule has 0 spiro atoms. The molecule has 1 aromatic carbocycles. The number of hydrogen-bond donors (Lipinski definition) is 2. The predicted octanol–water partition coefficient (Wildman–Crippen LogP) is 2.67. The number of aromatic nitrogens is 2. The van der Waals surface area contributed by atoms with Gasteiger partial charge in [-0.05, 0) is 6.26 Å². The Kier molecular flexibility index (Phi) is 4.08. The SMILES string of the molecule is CSc1nc(-c2cccc([N+](=O)[O-])c2)c2c(N)c(C(N)=O)sc2n1. The molecule has 0 aliphatic heterocycles. The van der Waals surface area contributed by atoms with Gasteiger partial charge in [0, 0.05) is 17.7 Å². The average molecular weight is 361 g/mol. The lowest BCUT2D eigenvalue weighted by molar-refractivity contribution is -0.384. The highest BCUT2D eigenvalue weighted by Gasteiger charge is 2.21. The van der Waals surface area contributed by atoms with E-state index in [4.69, 9.17) is 11.5 Å². The van der Waals surface area contributed by atoms with E-state index in [0.717, 1.165) is 11.3 Å². The first kappa shape index (κ1) is 16.1. The summed E-state index contributed by atoms with van der Waals surface area (Å²) in [5, 5.41) is 12.0. The summed E-state index contributed by atoms with van der Waals surface area (Å²) in [6, 6.07) is 6.06. The molecule has 10 heteroatoms. The Morgan fingerprint density at radius 1 is 1.38 bits per heavy atom. The fourth-order valence-corrected chi connectivity index (χ4v) is 3.62. The Balaban J connectivity index is 2.35. The largest absolute Gasteiger partial charge is 0.397 e. The molecule has 2 aromatic heterocycles. The molecule has 2 heterocycles. The summed E-state index contributed by atoms with van der Waals surface area (Å²) in [5.41, 5.74) is 12.5. The monoisotopic (exact) mass is 361 g/mol. The summed E-state index contributed by atoms with van der Waals surface area (Å²) in [5.74, 6) is -0.647. The summed E-state index contributed by atoms with van der Waals surface area (Å²) >= 11 is 2.40. The van der Waals surface area contributed by atoms with Crippen molar-refractivity contribution in [3.8, 4) is 11.3 Å². The van der Waals surface area contributed by atoms with E-state index < -0.39 is 10.8 Å². The van der Waals surface area contributed by atoms with Gasteiger partial charge in [-0.15, -0.1) is 11.3 Å². The molecule has 0 fully saturated rings. The number of fused-ring (bicyclic) bond motifs is 1. The number of carbonyl (C=O) groups excluding carboxylic acids is 1. The van der Waals surface area contributed by atoms with Crippen LogP contribution in [0.4, 0.5) is 11.4 Å². The number of thiophene rings is 1. The Morgan fingerprint density at radius 2 is 2.12 bits per heavy atom. The Morgan fingerprint density at radius 3 is 2.75 bits per heavy atom. The zero-order valence-electron chi connectivity index (χ0n) is 12.3. The van der Waals surface area contributed by atoms with E-state index in [1.165, 1.54) is 23.9 Å². The van der Waals surface area contributed by atoms with Crippen LogP contribution in [0.1, 0.15) is 9.67 Å². The molecule has 3 aromatic rings. The second-order valence-corrected chi connectivity index (χ2v) is 6.53. The zero-order chi connectivity index (χ0) is 17.4. The Labute approximate surface area is 144 Å². The minimum absolute atomic E-state index is 0.0612. The van der Waals surface area contributed by atoms with Crippen molar-refractivity contribution in [2.75, 3.05) is 12.0 Å². The van der Waals surface area contributed by atoms with Gasteiger partial charge in [0.1, 0.15) is 9.71 Å². The van der Waals surface area contributed by atoms with Gasteiger partial charge in [0.05, 0.1) is 21.7 Å². The third-order valence-corrected chi connectivity index (χ3v) is 4.97. The normalized spacial score (nSPS) is 10.9. The number of anilines is 1. The van der Waals surface area contributed by atoms with Crippen molar-refractivity contribution in [3.63, 3.8) is 0 Å². The van der Waals surface area contributed by atoms with Crippen LogP contribution >= 0.6 is 23.1 Å². The van der Waals surface area contributed by atoms with Crippen molar-refractivity contribution >= 4 is 50.6 Å². The Bertz CT molecular complexity index is 986. The van der Waals surface area contributed by atoms with Crippen molar-refractivity contribution in [2.45, 2.75) is 5.16 Å². The van der Waals surface area contributed by atoms with Gasteiger partial charge >= 0.3 is 0 Å². The number of nitro benzene ring substituents is 1. The van der Waals surface area contributed by atoms with E-state index in [1.807, 2.05) is 6.26 Å². The molecule has 0 aliphatic carbocycles. The molecule has 3 rings (SSSR count). The number of primary amides is 1. The van der Waals surface area contributed by atoms with Gasteiger partial charge in [-0.2, -0.15) is 0 Å². The second kappa shape index (κ2) is 6.06. The minimum atomic E-state index is -0.647. The van der Waals surface area contributed by atoms with Gasteiger partial charge in [-0.3, -0.25) is 14.9 Å². The fourth-order valence-electron chi connectivity index (χ4n) is 2.25. The molecular formula is C14H11N5O3S2. The maximum Gasteiger partial charge on any atom is 0.270 e. The van der Waals surface area contributed by atoms with Gasteiger partial charge in [0.15, 0.2) is 5.16 Å². The number of nitro groups is 1. The lowest BCUT2D eigenvalue weighted by atomic mass is 10.1. The highest BCUT2D eigenvalue weighted by molar-refractivity contribution is 7.98. The lowest BCUT2D eigenvalue weighted by Crippen LogP contribution is -2.10. The summed E-state index contributed by atoms with van der Waals surface area (Å²) in [6.45, 7) is 0. The van der Waals surface area contributed by atoms with Crippen LogP contribution in [0.2, 0.25) is 0 Å². The van der Waals surface area contributed by atoms with Gasteiger partial charge in [-0.25, -0.2) is 9.97 Å². The molecule has 24 heavy (non-hydrogen) atoms. The first-order chi connectivity index (χ1) is 11.4. The van der Waals surface area contributed by atoms with E-state index in [-0.39, 0.29) is 16.3 Å². The van der Waals surface area contributed by atoms with E-state index in [9.17, 15) is 14.9 Å². The van der Waals surface area contributed by atoms with Crippen molar-refractivity contribution in [1.82, 2.24) is 9.97 Å². The quantitative estimate of drug-likeness (QED) is 0.315. The summed E-state index contributed by atoms with van der Waals surface area (Å²) in [4.78, 5) is 31.6. The Hall–Kier alpha value is -2.72. The molecular weight excluding hydrogens is 350 g/mol. The molecule has 122 valence electrons. The van der Waals surface area contributed by atoms with Gasteiger partial charge in [-0.1, -0.05) is 23.9 Å². The topological polar surface area (TPSA) is 138 Å². The third kappa shape index (κ3) is 2.65. The fraction of sp³-hybridized carbons (Fsp3) is 0.0714. The number of non-ortho nitro benzene ring substituents is 1. The van der Waals surface area contributed by atoms with E-state index in [2.05, 4.69) is 9.97 Å². The maximum absolute atomic E-state index is 11.5. The van der Waals surface area contributed by atoms with Crippen LogP contribution in [0, 0.1) is 10.1 Å². The van der Waals surface area contributed by atoms with Crippen LogP contribution in [0.5, 0.6) is 0 Å². The summed E-state index contributed by atoms with van der Waals surface area (Å²) in [6.07, 6.45) is 1.81. The van der Waals surface area contributed by atoms with Crippen LogP contribution in [0.3, 0.4) is 0 Å². The number of benzene rings is 1. The lowest BCUT2D eigenvalue weighted by Gasteiger charge is -2.06. The highest BCUT2D eigenvalue weighted by Crippen LogP contribution is 2.39. The van der Waals surface area contributed by atoms with Crippen LogP contribution in [0.25, 0.3) is 21.5 Å². The second-order valence-electron chi connectivity index (χ2n) is 4.76. The molecule has 4 N–H and O–H groups in total.